The zero-order valence-electron chi connectivity index (χ0n) is 20.4. The number of carbonyl (C=O) groups excluding carboxylic acids is 2. The fourth-order valence-electron chi connectivity index (χ4n) is 4.18. The molecule has 192 valence electrons. The molecule has 4 aromatic carbocycles. The molecule has 0 N–H and O–H groups in total. The molecule has 1 aliphatic heterocycles. The fourth-order valence-corrected chi connectivity index (χ4v) is 5.34. The minimum absolute atomic E-state index is 0.217. The molecule has 0 aliphatic carbocycles. The topological polar surface area (TPSA) is 55.8 Å². The summed E-state index contributed by atoms with van der Waals surface area (Å²) in [6.45, 7) is 2.82. The quantitative estimate of drug-likeness (QED) is 0.201. The van der Waals surface area contributed by atoms with Crippen molar-refractivity contribution in [1.29, 1.82) is 0 Å². The molecule has 1 aliphatic rings. The van der Waals surface area contributed by atoms with Gasteiger partial charge in [-0.25, -0.2) is 0 Å². The van der Waals surface area contributed by atoms with Crippen LogP contribution >= 0.6 is 35.0 Å². The Bertz CT molecular complexity index is 1560. The number of halogens is 2. The van der Waals surface area contributed by atoms with Crippen molar-refractivity contribution in [3.63, 3.8) is 0 Å². The maximum atomic E-state index is 13.2. The van der Waals surface area contributed by atoms with Gasteiger partial charge in [0.2, 0.25) is 0 Å². The lowest BCUT2D eigenvalue weighted by Gasteiger charge is -2.14. The third-order valence-electron chi connectivity index (χ3n) is 6.03. The highest BCUT2D eigenvalue weighted by molar-refractivity contribution is 8.18. The van der Waals surface area contributed by atoms with Crippen LogP contribution in [0.1, 0.15) is 23.6 Å². The number of benzene rings is 4. The second-order valence-corrected chi connectivity index (χ2v) is 10.4. The first kappa shape index (κ1) is 26.2. The maximum Gasteiger partial charge on any atom is 0.293 e. The number of nitrogens with zero attached hydrogens (tertiary/aromatic N) is 1. The van der Waals surface area contributed by atoms with Gasteiger partial charge in [0.15, 0.2) is 11.5 Å². The van der Waals surface area contributed by atoms with E-state index in [1.807, 2.05) is 61.5 Å². The van der Waals surface area contributed by atoms with E-state index < -0.39 is 0 Å². The molecule has 0 atom stereocenters. The second kappa shape index (κ2) is 11.5. The van der Waals surface area contributed by atoms with Gasteiger partial charge < -0.3 is 9.47 Å². The summed E-state index contributed by atoms with van der Waals surface area (Å²) in [7, 11) is 0. The van der Waals surface area contributed by atoms with Crippen molar-refractivity contribution in [3.05, 3.63) is 111 Å². The molecule has 0 radical (unpaired) electrons. The van der Waals surface area contributed by atoms with Crippen molar-refractivity contribution < 1.29 is 19.1 Å². The van der Waals surface area contributed by atoms with Gasteiger partial charge in [-0.05, 0) is 76.5 Å². The van der Waals surface area contributed by atoms with E-state index in [4.69, 9.17) is 32.7 Å². The van der Waals surface area contributed by atoms with Crippen LogP contribution in [0.15, 0.2) is 83.8 Å². The van der Waals surface area contributed by atoms with Gasteiger partial charge >= 0.3 is 0 Å². The number of imide groups is 1. The third-order valence-corrected chi connectivity index (χ3v) is 7.67. The van der Waals surface area contributed by atoms with Gasteiger partial charge in [-0.1, -0.05) is 77.8 Å². The highest BCUT2D eigenvalue weighted by Crippen LogP contribution is 2.36. The lowest BCUT2D eigenvalue weighted by molar-refractivity contribution is -0.123. The number of amides is 2. The Morgan fingerprint density at radius 3 is 2.50 bits per heavy atom. The van der Waals surface area contributed by atoms with Crippen LogP contribution in [0, 0.1) is 0 Å². The molecular formula is C30H23Cl2NO4S. The molecule has 8 heteroatoms. The predicted molar refractivity (Wildman–Crippen MR) is 154 cm³/mol. The summed E-state index contributed by atoms with van der Waals surface area (Å²) < 4.78 is 11.8. The van der Waals surface area contributed by atoms with Crippen molar-refractivity contribution in [3.8, 4) is 11.5 Å². The number of ether oxygens (including phenoxy) is 2. The van der Waals surface area contributed by atoms with E-state index in [2.05, 4.69) is 0 Å². The number of thioether (sulfide) groups is 1. The third kappa shape index (κ3) is 5.68. The molecule has 5 nitrogen and oxygen atoms in total. The average molecular weight is 564 g/mol. The predicted octanol–water partition coefficient (Wildman–Crippen LogP) is 8.36. The van der Waals surface area contributed by atoms with E-state index in [-0.39, 0.29) is 24.3 Å². The molecule has 1 heterocycles. The summed E-state index contributed by atoms with van der Waals surface area (Å²) in [5, 5.41) is 2.74. The van der Waals surface area contributed by atoms with Crippen LogP contribution in [-0.4, -0.2) is 22.7 Å². The molecular weight excluding hydrogens is 541 g/mol. The zero-order valence-corrected chi connectivity index (χ0v) is 22.8. The molecule has 4 aromatic rings. The minimum Gasteiger partial charge on any atom is -0.490 e. The van der Waals surface area contributed by atoms with E-state index in [1.165, 1.54) is 4.90 Å². The molecule has 0 saturated carbocycles. The highest BCUT2D eigenvalue weighted by Gasteiger charge is 2.35. The highest BCUT2D eigenvalue weighted by atomic mass is 35.5. The van der Waals surface area contributed by atoms with E-state index in [9.17, 15) is 9.59 Å². The summed E-state index contributed by atoms with van der Waals surface area (Å²) in [5.74, 6) is 0.779. The number of rotatable bonds is 8. The summed E-state index contributed by atoms with van der Waals surface area (Å²) >= 11 is 13.0. The van der Waals surface area contributed by atoms with Crippen molar-refractivity contribution >= 4 is 63.0 Å². The van der Waals surface area contributed by atoms with E-state index in [0.717, 1.165) is 39.2 Å². The Balaban J connectivity index is 1.34. The van der Waals surface area contributed by atoms with Crippen molar-refractivity contribution in [2.45, 2.75) is 20.1 Å². The van der Waals surface area contributed by atoms with Crippen molar-refractivity contribution in [2.24, 2.45) is 0 Å². The van der Waals surface area contributed by atoms with Crippen LogP contribution < -0.4 is 9.47 Å². The first-order chi connectivity index (χ1) is 18.4. The Morgan fingerprint density at radius 1 is 0.868 bits per heavy atom. The van der Waals surface area contributed by atoms with Crippen LogP contribution in [0.3, 0.4) is 0 Å². The summed E-state index contributed by atoms with van der Waals surface area (Å²) in [6.07, 6.45) is 1.71. The van der Waals surface area contributed by atoms with E-state index in [1.54, 1.807) is 30.3 Å². The van der Waals surface area contributed by atoms with Gasteiger partial charge in [0, 0.05) is 0 Å². The van der Waals surface area contributed by atoms with Gasteiger partial charge in [-0.15, -0.1) is 0 Å². The Morgan fingerprint density at radius 2 is 1.68 bits per heavy atom. The van der Waals surface area contributed by atoms with Crippen molar-refractivity contribution in [1.82, 2.24) is 4.90 Å². The summed E-state index contributed by atoms with van der Waals surface area (Å²) in [4.78, 5) is 27.6. The molecule has 38 heavy (non-hydrogen) atoms. The van der Waals surface area contributed by atoms with Gasteiger partial charge in [0.1, 0.15) is 6.61 Å². The molecule has 5 rings (SSSR count). The fraction of sp³-hybridized carbons (Fsp3) is 0.133. The number of fused-ring (bicyclic) bond motifs is 1. The first-order valence-electron chi connectivity index (χ1n) is 12.0. The molecule has 0 spiro atoms. The van der Waals surface area contributed by atoms with Gasteiger partial charge in [0.05, 0.1) is 28.1 Å². The lowest BCUT2D eigenvalue weighted by atomic mass is 10.0. The second-order valence-electron chi connectivity index (χ2n) is 8.58. The average Bonchev–Trinajstić information content (AvgIpc) is 3.17. The molecule has 0 bridgehead atoms. The molecule has 1 fully saturated rings. The van der Waals surface area contributed by atoms with Crippen LogP contribution in [0.2, 0.25) is 10.0 Å². The van der Waals surface area contributed by atoms with Crippen LogP contribution in [-0.2, 0) is 17.9 Å². The summed E-state index contributed by atoms with van der Waals surface area (Å²) in [5.41, 5.74) is 2.52. The van der Waals surface area contributed by atoms with Crippen LogP contribution in [0.5, 0.6) is 11.5 Å². The first-order valence-corrected chi connectivity index (χ1v) is 13.6. The zero-order chi connectivity index (χ0) is 26.6. The number of hydrogen-bond acceptors (Lipinski definition) is 5. The monoisotopic (exact) mass is 563 g/mol. The van der Waals surface area contributed by atoms with E-state index in [0.29, 0.717) is 33.1 Å². The SMILES string of the molecule is CCOc1cc(/C=C2\SC(=O)N(Cc3cccc4ccccc34)C2=O)ccc1OCc1ccc(Cl)c(Cl)c1. The Hall–Kier alpha value is -3.45. The standard InChI is InChI=1S/C30H23Cl2NO4S/c1-2-36-27-15-19(11-13-26(27)37-18-20-10-12-24(31)25(32)14-20)16-28-29(34)33(30(35)38-28)17-22-8-5-7-21-6-3-4-9-23(21)22/h3-16H,2,17-18H2,1H3/b28-16-. The number of carbonyl (C=O) groups is 2. The number of hydrogen-bond donors (Lipinski definition) is 0. The van der Waals surface area contributed by atoms with Crippen LogP contribution in [0.25, 0.3) is 16.8 Å². The van der Waals surface area contributed by atoms with Crippen LogP contribution in [0.4, 0.5) is 4.79 Å². The normalized spacial score (nSPS) is 14.5. The minimum atomic E-state index is -0.314. The van der Waals surface area contributed by atoms with Gasteiger partial charge in [-0.3, -0.25) is 14.5 Å². The Labute approximate surface area is 234 Å². The van der Waals surface area contributed by atoms with Gasteiger partial charge in [-0.2, -0.15) is 0 Å². The molecule has 0 unspecified atom stereocenters. The summed E-state index contributed by atoms with van der Waals surface area (Å²) in [6, 6.07) is 24.6. The Kier molecular flexibility index (Phi) is 7.93. The van der Waals surface area contributed by atoms with Crippen molar-refractivity contribution in [2.75, 3.05) is 6.61 Å². The largest absolute Gasteiger partial charge is 0.490 e. The maximum absolute atomic E-state index is 13.2. The van der Waals surface area contributed by atoms with E-state index >= 15 is 0 Å². The molecule has 0 aromatic heterocycles. The molecule has 1 saturated heterocycles. The lowest BCUT2D eigenvalue weighted by Crippen LogP contribution is -2.27. The smallest absolute Gasteiger partial charge is 0.293 e. The molecule has 2 amide bonds. The van der Waals surface area contributed by atoms with Gasteiger partial charge in [0.25, 0.3) is 11.1 Å².